The van der Waals surface area contributed by atoms with E-state index in [1.54, 1.807) is 12.4 Å². The summed E-state index contributed by atoms with van der Waals surface area (Å²) in [4.78, 5) is 8.80. The third-order valence-corrected chi connectivity index (χ3v) is 8.45. The number of aromatic nitrogens is 2. The van der Waals surface area contributed by atoms with Crippen LogP contribution in [0.1, 0.15) is 75.3 Å². The molecule has 0 N–H and O–H groups in total. The van der Waals surface area contributed by atoms with E-state index >= 15 is 4.39 Å². The molecule has 1 fully saturated rings. The first-order valence-corrected chi connectivity index (χ1v) is 15.5. The maximum atomic E-state index is 15.2. The standard InChI is InChI=1S/C35H31F9N2O2/c1-2-3-4-5-20-6-8-21(9-7-20)24-18-45-33(46-19-24)22-10-12-26(27(36)14-22)23-15-29(38)32(30(39)16-23)34(40,41)47-25-11-13-31(28(37)17-25)48-35(42,43)44/h10-21H,2-9H2,1H3. The fourth-order valence-electron chi connectivity index (χ4n) is 6.01. The van der Waals surface area contributed by atoms with Crippen LogP contribution in [0.5, 0.6) is 11.5 Å². The largest absolute Gasteiger partial charge is 0.573 e. The van der Waals surface area contributed by atoms with Gasteiger partial charge in [0.1, 0.15) is 28.8 Å². The van der Waals surface area contributed by atoms with Gasteiger partial charge in [0, 0.05) is 29.6 Å². The molecule has 0 spiro atoms. The summed E-state index contributed by atoms with van der Waals surface area (Å²) < 4.78 is 133. The van der Waals surface area contributed by atoms with Gasteiger partial charge in [-0.05, 0) is 79.0 Å². The summed E-state index contributed by atoms with van der Waals surface area (Å²) in [5.41, 5.74) is -1.29. The highest BCUT2D eigenvalue weighted by Gasteiger charge is 2.42. The Morgan fingerprint density at radius 3 is 1.94 bits per heavy atom. The number of rotatable bonds is 11. The van der Waals surface area contributed by atoms with Crippen LogP contribution in [0.15, 0.2) is 60.9 Å². The van der Waals surface area contributed by atoms with Crippen molar-refractivity contribution in [2.75, 3.05) is 0 Å². The maximum Gasteiger partial charge on any atom is 0.573 e. The smallest absolute Gasteiger partial charge is 0.429 e. The van der Waals surface area contributed by atoms with E-state index in [4.69, 9.17) is 0 Å². The number of ether oxygens (including phenoxy) is 2. The van der Waals surface area contributed by atoms with Crippen molar-refractivity contribution in [1.82, 2.24) is 9.97 Å². The van der Waals surface area contributed by atoms with Crippen LogP contribution in [0, 0.1) is 29.2 Å². The zero-order chi connectivity index (χ0) is 34.6. The molecule has 0 saturated heterocycles. The molecular weight excluding hydrogens is 651 g/mol. The van der Waals surface area contributed by atoms with E-state index < -0.39 is 58.4 Å². The number of hydrogen-bond donors (Lipinski definition) is 0. The van der Waals surface area contributed by atoms with E-state index in [1.165, 1.54) is 37.8 Å². The predicted octanol–water partition coefficient (Wildman–Crippen LogP) is 11.2. The summed E-state index contributed by atoms with van der Waals surface area (Å²) >= 11 is 0. The highest BCUT2D eigenvalue weighted by molar-refractivity contribution is 5.69. The molecule has 3 aromatic carbocycles. The number of benzene rings is 3. The van der Waals surface area contributed by atoms with E-state index in [2.05, 4.69) is 26.4 Å². The Hall–Kier alpha value is -4.29. The van der Waals surface area contributed by atoms with E-state index in [0.717, 1.165) is 43.2 Å². The molecule has 4 nitrogen and oxygen atoms in total. The van der Waals surface area contributed by atoms with Gasteiger partial charge in [-0.3, -0.25) is 0 Å². The quantitative estimate of drug-likeness (QED) is 0.117. The molecule has 5 rings (SSSR count). The lowest BCUT2D eigenvalue weighted by atomic mass is 9.77. The maximum absolute atomic E-state index is 15.2. The van der Waals surface area contributed by atoms with Crippen LogP contribution < -0.4 is 9.47 Å². The second-order valence-corrected chi connectivity index (χ2v) is 11.8. The molecule has 0 amide bonds. The predicted molar refractivity (Wildman–Crippen MR) is 159 cm³/mol. The van der Waals surface area contributed by atoms with Crippen molar-refractivity contribution in [1.29, 1.82) is 0 Å². The first-order valence-electron chi connectivity index (χ1n) is 15.5. The molecule has 0 unspecified atom stereocenters. The van der Waals surface area contributed by atoms with Gasteiger partial charge in [-0.15, -0.1) is 13.2 Å². The number of hydrogen-bond acceptors (Lipinski definition) is 4. The van der Waals surface area contributed by atoms with Crippen LogP contribution in [0.3, 0.4) is 0 Å². The fraction of sp³-hybridized carbons (Fsp3) is 0.371. The Labute approximate surface area is 270 Å². The topological polar surface area (TPSA) is 44.2 Å². The van der Waals surface area contributed by atoms with Crippen molar-refractivity contribution >= 4 is 0 Å². The lowest BCUT2D eigenvalue weighted by Crippen LogP contribution is -2.25. The zero-order valence-corrected chi connectivity index (χ0v) is 25.7. The highest BCUT2D eigenvalue weighted by atomic mass is 19.4. The molecule has 1 aromatic heterocycles. The van der Waals surface area contributed by atoms with Gasteiger partial charge < -0.3 is 9.47 Å². The molecule has 1 heterocycles. The monoisotopic (exact) mass is 682 g/mol. The number of alkyl halides is 5. The molecule has 0 aliphatic heterocycles. The first-order chi connectivity index (χ1) is 22.7. The molecule has 0 radical (unpaired) electrons. The normalized spacial score (nSPS) is 17.0. The average Bonchev–Trinajstić information content (AvgIpc) is 3.01. The van der Waals surface area contributed by atoms with Crippen LogP contribution >= 0.6 is 0 Å². The zero-order valence-electron chi connectivity index (χ0n) is 25.7. The van der Waals surface area contributed by atoms with E-state index in [-0.39, 0.29) is 17.5 Å². The van der Waals surface area contributed by atoms with Crippen LogP contribution in [-0.4, -0.2) is 16.3 Å². The molecule has 0 bridgehead atoms. The Bertz CT molecular complexity index is 1700. The first kappa shape index (κ1) is 35.0. The van der Waals surface area contributed by atoms with E-state index in [1.807, 2.05) is 0 Å². The van der Waals surface area contributed by atoms with Crippen molar-refractivity contribution in [3.05, 3.63) is 95.3 Å². The summed E-state index contributed by atoms with van der Waals surface area (Å²) in [6.07, 6.45) is 2.85. The van der Waals surface area contributed by atoms with Gasteiger partial charge in [0.25, 0.3) is 0 Å². The van der Waals surface area contributed by atoms with Crippen molar-refractivity contribution in [2.45, 2.75) is 76.7 Å². The summed E-state index contributed by atoms with van der Waals surface area (Å²) in [5, 5.41) is 0. The van der Waals surface area contributed by atoms with Gasteiger partial charge in [0.05, 0.1) is 0 Å². The molecule has 1 saturated carbocycles. The second-order valence-electron chi connectivity index (χ2n) is 11.8. The van der Waals surface area contributed by atoms with Crippen molar-refractivity contribution in [2.24, 2.45) is 5.92 Å². The second kappa shape index (κ2) is 14.4. The Kier molecular flexibility index (Phi) is 10.5. The summed E-state index contributed by atoms with van der Waals surface area (Å²) in [6.45, 7) is 2.19. The van der Waals surface area contributed by atoms with Crippen molar-refractivity contribution in [3.8, 4) is 34.0 Å². The van der Waals surface area contributed by atoms with E-state index in [9.17, 15) is 35.1 Å². The van der Waals surface area contributed by atoms with Gasteiger partial charge in [0.15, 0.2) is 17.4 Å². The van der Waals surface area contributed by atoms with E-state index in [0.29, 0.717) is 35.7 Å². The molecule has 13 heteroatoms. The summed E-state index contributed by atoms with van der Waals surface area (Å²) in [6, 6.07) is 5.63. The Morgan fingerprint density at radius 1 is 0.708 bits per heavy atom. The minimum Gasteiger partial charge on any atom is -0.429 e. The third kappa shape index (κ3) is 8.40. The molecule has 4 aromatic rings. The minimum absolute atomic E-state index is 0.133. The SMILES string of the molecule is CCCCCC1CCC(c2cnc(-c3ccc(-c4cc(F)c(C(F)(F)Oc5ccc(OC(F)(F)F)c(F)c5)c(F)c4)c(F)c3)nc2)CC1. The Morgan fingerprint density at radius 2 is 1.35 bits per heavy atom. The molecule has 1 aliphatic rings. The van der Waals surface area contributed by atoms with Gasteiger partial charge in [-0.2, -0.15) is 8.78 Å². The Balaban J connectivity index is 1.28. The number of unbranched alkanes of at least 4 members (excludes halogenated alkanes) is 2. The molecule has 0 atom stereocenters. The molecule has 256 valence electrons. The summed E-state index contributed by atoms with van der Waals surface area (Å²) in [7, 11) is 0. The van der Waals surface area contributed by atoms with Crippen LogP contribution in [0.25, 0.3) is 22.5 Å². The van der Waals surface area contributed by atoms with Crippen molar-refractivity contribution < 1.29 is 49.0 Å². The number of nitrogens with zero attached hydrogens (tertiary/aromatic N) is 2. The number of halogens is 9. The fourth-order valence-corrected chi connectivity index (χ4v) is 6.01. The van der Waals surface area contributed by atoms with Crippen LogP contribution in [-0.2, 0) is 6.11 Å². The van der Waals surface area contributed by atoms with Gasteiger partial charge in [-0.1, -0.05) is 44.7 Å². The van der Waals surface area contributed by atoms with Crippen LogP contribution in [0.2, 0.25) is 0 Å². The molecule has 48 heavy (non-hydrogen) atoms. The molecule has 1 aliphatic carbocycles. The van der Waals surface area contributed by atoms with Gasteiger partial charge >= 0.3 is 12.5 Å². The minimum atomic E-state index is -5.26. The highest BCUT2D eigenvalue weighted by Crippen LogP contribution is 2.40. The molecular formula is C35H31F9N2O2. The summed E-state index contributed by atoms with van der Waals surface area (Å²) in [5.74, 6) is -7.31. The lowest BCUT2D eigenvalue weighted by molar-refractivity contribution is -0.275. The van der Waals surface area contributed by atoms with Crippen molar-refractivity contribution in [3.63, 3.8) is 0 Å². The average molecular weight is 683 g/mol. The van der Waals surface area contributed by atoms with Gasteiger partial charge in [-0.25, -0.2) is 27.5 Å². The van der Waals surface area contributed by atoms with Gasteiger partial charge in [0.2, 0.25) is 0 Å². The van der Waals surface area contributed by atoms with Crippen LogP contribution in [0.4, 0.5) is 39.5 Å². The third-order valence-electron chi connectivity index (χ3n) is 8.45. The lowest BCUT2D eigenvalue weighted by Gasteiger charge is -2.28.